The van der Waals surface area contributed by atoms with Crippen molar-refractivity contribution in [3.8, 4) is 5.75 Å². The molecule has 0 saturated carbocycles. The van der Waals surface area contributed by atoms with Crippen molar-refractivity contribution in [1.82, 2.24) is 4.90 Å². The van der Waals surface area contributed by atoms with Crippen LogP contribution in [0.3, 0.4) is 0 Å². The lowest BCUT2D eigenvalue weighted by molar-refractivity contribution is -0.144. The molecular formula is C18H25NO3S3. The Morgan fingerprint density at radius 3 is 2.64 bits per heavy atom. The predicted octanol–water partition coefficient (Wildman–Crippen LogP) is 3.83. The number of carbonyl (C=O) groups is 1. The van der Waals surface area contributed by atoms with Gasteiger partial charge in [-0.1, -0.05) is 50.0 Å². The summed E-state index contributed by atoms with van der Waals surface area (Å²) in [5, 5.41) is 0. The Hall–Kier alpha value is -0.920. The lowest BCUT2D eigenvalue weighted by Gasteiger charge is -2.33. The molecule has 0 aliphatic carbocycles. The molecule has 4 nitrogen and oxygen atoms in total. The zero-order valence-corrected chi connectivity index (χ0v) is 17.6. The Balaban J connectivity index is 1.87. The van der Waals surface area contributed by atoms with Gasteiger partial charge >= 0.3 is 5.97 Å². The highest BCUT2D eigenvalue weighted by molar-refractivity contribution is 8.23. The molecule has 1 aliphatic rings. The van der Waals surface area contributed by atoms with Crippen molar-refractivity contribution in [2.24, 2.45) is 5.41 Å². The average molecular weight is 400 g/mol. The molecule has 0 aromatic heterocycles. The van der Waals surface area contributed by atoms with Crippen LogP contribution < -0.4 is 4.74 Å². The van der Waals surface area contributed by atoms with Gasteiger partial charge in [0.05, 0.1) is 14.2 Å². The standard InChI is InChI=1S/C18H25NO3S3/c1-18(2,11-19-15(16(20)22-4)10-25-17(19)23)12-24-9-13-5-7-14(21-3)8-6-13/h5-8,15H,9-12H2,1-4H3/t15-/m0/s1. The molecule has 1 aromatic carbocycles. The highest BCUT2D eigenvalue weighted by atomic mass is 32.2. The van der Waals surface area contributed by atoms with E-state index in [-0.39, 0.29) is 17.4 Å². The van der Waals surface area contributed by atoms with E-state index in [1.54, 1.807) is 18.9 Å². The Morgan fingerprint density at radius 2 is 2.04 bits per heavy atom. The van der Waals surface area contributed by atoms with E-state index in [9.17, 15) is 4.79 Å². The van der Waals surface area contributed by atoms with Crippen molar-refractivity contribution < 1.29 is 14.3 Å². The first-order chi connectivity index (χ1) is 11.9. The molecule has 138 valence electrons. The summed E-state index contributed by atoms with van der Waals surface area (Å²) in [6.07, 6.45) is 0. The second-order valence-corrected chi connectivity index (χ2v) is 9.39. The summed E-state index contributed by atoms with van der Waals surface area (Å²) in [6, 6.07) is 7.91. The molecule has 0 bridgehead atoms. The summed E-state index contributed by atoms with van der Waals surface area (Å²) in [7, 11) is 3.11. The fourth-order valence-electron chi connectivity index (χ4n) is 2.63. The van der Waals surface area contributed by atoms with Gasteiger partial charge in [-0.25, -0.2) is 4.79 Å². The van der Waals surface area contributed by atoms with E-state index < -0.39 is 0 Å². The lowest BCUT2D eigenvalue weighted by atomic mass is 9.95. The van der Waals surface area contributed by atoms with Gasteiger partial charge in [0.25, 0.3) is 0 Å². The Morgan fingerprint density at radius 1 is 1.36 bits per heavy atom. The number of thiocarbonyl (C=S) groups is 1. The van der Waals surface area contributed by atoms with Gasteiger partial charge in [-0.15, -0.1) is 0 Å². The van der Waals surface area contributed by atoms with Crippen molar-refractivity contribution in [1.29, 1.82) is 0 Å². The topological polar surface area (TPSA) is 38.8 Å². The Kier molecular flexibility index (Phi) is 7.46. The lowest BCUT2D eigenvalue weighted by Crippen LogP contribution is -2.45. The minimum Gasteiger partial charge on any atom is -0.497 e. The number of thioether (sulfide) groups is 2. The van der Waals surface area contributed by atoms with Crippen molar-refractivity contribution in [3.05, 3.63) is 29.8 Å². The van der Waals surface area contributed by atoms with Crippen LogP contribution in [0, 0.1) is 5.41 Å². The molecule has 25 heavy (non-hydrogen) atoms. The summed E-state index contributed by atoms with van der Waals surface area (Å²) >= 11 is 8.88. The number of methoxy groups -OCH3 is 2. The molecule has 0 unspecified atom stereocenters. The summed E-state index contributed by atoms with van der Waals surface area (Å²) < 4.78 is 10.9. The molecule has 1 heterocycles. The van der Waals surface area contributed by atoms with Crippen molar-refractivity contribution in [3.63, 3.8) is 0 Å². The van der Waals surface area contributed by atoms with Gasteiger partial charge in [-0.05, 0) is 23.1 Å². The molecule has 0 amide bonds. The number of ether oxygens (including phenoxy) is 2. The number of benzene rings is 1. The van der Waals surface area contributed by atoms with E-state index >= 15 is 0 Å². The maximum absolute atomic E-state index is 12.0. The Bertz CT molecular complexity index is 604. The van der Waals surface area contributed by atoms with Crippen molar-refractivity contribution in [2.45, 2.75) is 25.6 Å². The highest BCUT2D eigenvalue weighted by Gasteiger charge is 2.38. The smallest absolute Gasteiger partial charge is 0.329 e. The Labute approximate surface area is 164 Å². The first kappa shape index (κ1) is 20.4. The van der Waals surface area contributed by atoms with E-state index in [0.29, 0.717) is 5.75 Å². The molecule has 7 heteroatoms. The van der Waals surface area contributed by atoms with Crippen LogP contribution in [0.1, 0.15) is 19.4 Å². The van der Waals surface area contributed by atoms with Crippen LogP contribution in [0.4, 0.5) is 0 Å². The maximum Gasteiger partial charge on any atom is 0.329 e. The van der Waals surface area contributed by atoms with Crippen LogP contribution >= 0.6 is 35.7 Å². The molecule has 1 aromatic rings. The second-order valence-electron chi connectivity index (χ2n) is 6.75. The van der Waals surface area contributed by atoms with E-state index in [0.717, 1.165) is 28.1 Å². The van der Waals surface area contributed by atoms with Crippen molar-refractivity contribution >= 4 is 46.0 Å². The maximum atomic E-state index is 12.0. The third-order valence-electron chi connectivity index (χ3n) is 3.97. The van der Waals surface area contributed by atoms with Crippen LogP contribution in [0.25, 0.3) is 0 Å². The molecular weight excluding hydrogens is 374 g/mol. The molecule has 1 atom stereocenters. The van der Waals surface area contributed by atoms with Gasteiger partial charge < -0.3 is 14.4 Å². The molecule has 1 saturated heterocycles. The molecule has 2 rings (SSSR count). The van der Waals surface area contributed by atoms with E-state index in [4.69, 9.17) is 21.7 Å². The van der Waals surface area contributed by atoms with Crippen LogP contribution in [0.15, 0.2) is 24.3 Å². The van der Waals surface area contributed by atoms with Gasteiger partial charge in [0.15, 0.2) is 0 Å². The molecule has 0 N–H and O–H groups in total. The first-order valence-corrected chi connectivity index (χ1v) is 10.6. The zero-order valence-electron chi connectivity index (χ0n) is 15.1. The number of carbonyl (C=O) groups excluding carboxylic acids is 1. The molecule has 0 spiro atoms. The third-order valence-corrected chi connectivity index (χ3v) is 7.04. The predicted molar refractivity (Wildman–Crippen MR) is 111 cm³/mol. The number of hydrogen-bond acceptors (Lipinski definition) is 6. The van der Waals surface area contributed by atoms with Gasteiger partial charge in [0, 0.05) is 23.8 Å². The van der Waals surface area contributed by atoms with E-state index in [1.807, 2.05) is 28.8 Å². The van der Waals surface area contributed by atoms with Crippen LogP contribution in [-0.4, -0.2) is 53.5 Å². The minimum atomic E-state index is -0.256. The molecule has 0 radical (unpaired) electrons. The highest BCUT2D eigenvalue weighted by Crippen LogP contribution is 2.32. The van der Waals surface area contributed by atoms with Gasteiger partial charge in [-0.2, -0.15) is 11.8 Å². The number of nitrogens with zero attached hydrogens (tertiary/aromatic N) is 1. The van der Waals surface area contributed by atoms with Gasteiger partial charge in [0.2, 0.25) is 0 Å². The van der Waals surface area contributed by atoms with Crippen LogP contribution in [0.2, 0.25) is 0 Å². The SMILES string of the molecule is COC(=O)[C@@H]1CSC(=S)N1CC(C)(C)CSCc1ccc(OC)cc1. The number of rotatable bonds is 8. The monoisotopic (exact) mass is 399 g/mol. The second kappa shape index (κ2) is 9.14. The molecule has 1 fully saturated rings. The largest absolute Gasteiger partial charge is 0.497 e. The van der Waals surface area contributed by atoms with E-state index in [1.165, 1.54) is 12.7 Å². The first-order valence-electron chi connectivity index (χ1n) is 8.08. The quantitative estimate of drug-likeness (QED) is 0.486. The summed E-state index contributed by atoms with van der Waals surface area (Å²) in [4.78, 5) is 14.0. The number of hydrogen-bond donors (Lipinski definition) is 0. The van der Waals surface area contributed by atoms with Crippen LogP contribution in [0.5, 0.6) is 5.75 Å². The van der Waals surface area contributed by atoms with E-state index in [2.05, 4.69) is 26.0 Å². The minimum absolute atomic E-state index is 0.0400. The third kappa shape index (κ3) is 5.79. The van der Waals surface area contributed by atoms with Gasteiger partial charge in [0.1, 0.15) is 16.1 Å². The fourth-order valence-corrected chi connectivity index (χ4v) is 5.17. The normalized spacial score (nSPS) is 17.7. The summed E-state index contributed by atoms with van der Waals surface area (Å²) in [5.41, 5.74) is 1.32. The van der Waals surface area contributed by atoms with Crippen LogP contribution in [-0.2, 0) is 15.3 Å². The molecule has 1 aliphatic heterocycles. The summed E-state index contributed by atoms with van der Waals surface area (Å²) in [5.74, 6) is 3.29. The van der Waals surface area contributed by atoms with Crippen molar-refractivity contribution in [2.75, 3.05) is 32.3 Å². The number of esters is 1. The summed E-state index contributed by atoms with van der Waals surface area (Å²) in [6.45, 7) is 5.19. The fraction of sp³-hybridized carbons (Fsp3) is 0.556. The average Bonchev–Trinajstić information content (AvgIpc) is 2.95. The zero-order chi connectivity index (χ0) is 18.4. The van der Waals surface area contributed by atoms with Gasteiger partial charge in [-0.3, -0.25) is 0 Å².